The SMILES string of the molecule is COc1ccc(NC(=O)c2ccccc2)cc1[N+](=O)[O-]. The van der Waals surface area contributed by atoms with Crippen molar-refractivity contribution in [2.45, 2.75) is 0 Å². The predicted octanol–water partition coefficient (Wildman–Crippen LogP) is 2.86. The van der Waals surface area contributed by atoms with Crippen LogP contribution in [0.3, 0.4) is 0 Å². The molecule has 0 saturated heterocycles. The number of rotatable bonds is 4. The lowest BCUT2D eigenvalue weighted by Crippen LogP contribution is -2.11. The van der Waals surface area contributed by atoms with Crippen LogP contribution in [0.1, 0.15) is 10.4 Å². The molecule has 6 heteroatoms. The third-order valence-electron chi connectivity index (χ3n) is 2.67. The minimum Gasteiger partial charge on any atom is -0.490 e. The Balaban J connectivity index is 2.24. The van der Waals surface area contributed by atoms with Gasteiger partial charge in [0.05, 0.1) is 12.0 Å². The van der Waals surface area contributed by atoms with E-state index in [9.17, 15) is 14.9 Å². The van der Waals surface area contributed by atoms with Gasteiger partial charge in [0, 0.05) is 17.3 Å². The van der Waals surface area contributed by atoms with Crippen molar-refractivity contribution < 1.29 is 14.5 Å². The van der Waals surface area contributed by atoms with Gasteiger partial charge in [0.1, 0.15) is 0 Å². The van der Waals surface area contributed by atoms with Crippen molar-refractivity contribution in [2.75, 3.05) is 12.4 Å². The monoisotopic (exact) mass is 272 g/mol. The summed E-state index contributed by atoms with van der Waals surface area (Å²) in [5.74, 6) is -0.183. The lowest BCUT2D eigenvalue weighted by atomic mass is 10.2. The number of methoxy groups -OCH3 is 1. The maximum Gasteiger partial charge on any atom is 0.312 e. The van der Waals surface area contributed by atoms with Crippen LogP contribution in [0, 0.1) is 10.1 Å². The van der Waals surface area contributed by atoms with Crippen LogP contribution in [-0.4, -0.2) is 17.9 Å². The molecule has 6 nitrogen and oxygen atoms in total. The number of nitro groups is 1. The summed E-state index contributed by atoms with van der Waals surface area (Å²) < 4.78 is 4.90. The van der Waals surface area contributed by atoms with E-state index >= 15 is 0 Å². The number of carbonyl (C=O) groups is 1. The van der Waals surface area contributed by atoms with Gasteiger partial charge in [-0.1, -0.05) is 18.2 Å². The summed E-state index contributed by atoms with van der Waals surface area (Å²) in [5, 5.41) is 13.5. The molecular formula is C14H12N2O4. The van der Waals surface area contributed by atoms with E-state index in [1.807, 2.05) is 0 Å². The third-order valence-corrected chi connectivity index (χ3v) is 2.67. The minimum absolute atomic E-state index is 0.146. The van der Waals surface area contributed by atoms with Crippen molar-refractivity contribution in [2.24, 2.45) is 0 Å². The summed E-state index contributed by atoms with van der Waals surface area (Å²) in [7, 11) is 1.35. The van der Waals surface area contributed by atoms with Crippen molar-refractivity contribution in [1.29, 1.82) is 0 Å². The number of carbonyl (C=O) groups excluding carboxylic acids is 1. The van der Waals surface area contributed by atoms with E-state index < -0.39 is 4.92 Å². The molecule has 0 bridgehead atoms. The number of nitrogens with one attached hydrogen (secondary N) is 1. The largest absolute Gasteiger partial charge is 0.490 e. The minimum atomic E-state index is -0.559. The van der Waals surface area contributed by atoms with E-state index in [-0.39, 0.29) is 17.3 Å². The Kier molecular flexibility index (Phi) is 3.95. The fraction of sp³-hybridized carbons (Fsp3) is 0.0714. The van der Waals surface area contributed by atoms with Crippen molar-refractivity contribution in [3.05, 3.63) is 64.2 Å². The van der Waals surface area contributed by atoms with Crippen LogP contribution in [0.5, 0.6) is 5.75 Å². The molecular weight excluding hydrogens is 260 g/mol. The molecule has 2 aromatic rings. The molecule has 1 amide bonds. The molecule has 0 aliphatic carbocycles. The zero-order chi connectivity index (χ0) is 14.5. The topological polar surface area (TPSA) is 81.5 Å². The Hall–Kier alpha value is -2.89. The van der Waals surface area contributed by atoms with Gasteiger partial charge in [-0.15, -0.1) is 0 Å². The summed E-state index contributed by atoms with van der Waals surface area (Å²) in [6, 6.07) is 12.9. The Morgan fingerprint density at radius 1 is 1.20 bits per heavy atom. The zero-order valence-corrected chi connectivity index (χ0v) is 10.7. The Morgan fingerprint density at radius 3 is 2.50 bits per heavy atom. The van der Waals surface area contributed by atoms with E-state index in [1.165, 1.54) is 19.2 Å². The molecule has 2 aromatic carbocycles. The number of nitro benzene ring substituents is 1. The first-order chi connectivity index (χ1) is 9.61. The standard InChI is InChI=1S/C14H12N2O4/c1-20-13-8-7-11(9-12(13)16(18)19)15-14(17)10-5-3-2-4-6-10/h2-9H,1H3,(H,15,17). The average Bonchev–Trinajstić information content (AvgIpc) is 2.48. The highest BCUT2D eigenvalue weighted by Gasteiger charge is 2.16. The van der Waals surface area contributed by atoms with E-state index in [2.05, 4.69) is 5.32 Å². The second kappa shape index (κ2) is 5.83. The molecule has 0 aliphatic rings. The first kappa shape index (κ1) is 13.5. The zero-order valence-electron chi connectivity index (χ0n) is 10.7. The number of hydrogen-bond donors (Lipinski definition) is 1. The van der Waals surface area contributed by atoms with Crippen molar-refractivity contribution in [3.63, 3.8) is 0 Å². The summed E-state index contributed by atoms with van der Waals surface area (Å²) in [6.07, 6.45) is 0. The molecule has 0 aliphatic heterocycles. The number of benzene rings is 2. The molecule has 0 saturated carbocycles. The van der Waals surface area contributed by atoms with E-state index in [4.69, 9.17) is 4.74 Å². The summed E-state index contributed by atoms with van der Waals surface area (Å²) in [5.41, 5.74) is 0.621. The molecule has 0 heterocycles. The first-order valence-corrected chi connectivity index (χ1v) is 5.80. The summed E-state index contributed by atoms with van der Waals surface area (Å²) in [6.45, 7) is 0. The Morgan fingerprint density at radius 2 is 1.90 bits per heavy atom. The molecule has 0 atom stereocenters. The molecule has 2 rings (SSSR count). The molecule has 0 aromatic heterocycles. The van der Waals surface area contributed by atoms with E-state index in [1.54, 1.807) is 36.4 Å². The van der Waals surface area contributed by atoms with Gasteiger partial charge in [-0.25, -0.2) is 0 Å². The summed E-state index contributed by atoms with van der Waals surface area (Å²) >= 11 is 0. The fourth-order valence-electron chi connectivity index (χ4n) is 1.70. The maximum atomic E-state index is 11.9. The maximum absolute atomic E-state index is 11.9. The Labute approximate surface area is 115 Å². The molecule has 0 unspecified atom stereocenters. The number of nitrogens with zero attached hydrogens (tertiary/aromatic N) is 1. The highest BCUT2D eigenvalue weighted by atomic mass is 16.6. The van der Waals surface area contributed by atoms with Gasteiger partial charge in [0.2, 0.25) is 0 Å². The second-order valence-electron chi connectivity index (χ2n) is 3.96. The number of ether oxygens (including phenoxy) is 1. The smallest absolute Gasteiger partial charge is 0.312 e. The van der Waals surface area contributed by atoms with Gasteiger partial charge in [-0.2, -0.15) is 0 Å². The van der Waals surface area contributed by atoms with Gasteiger partial charge in [-0.3, -0.25) is 14.9 Å². The van der Waals surface area contributed by atoms with Crippen LogP contribution >= 0.6 is 0 Å². The van der Waals surface area contributed by atoms with Crippen LogP contribution in [0.15, 0.2) is 48.5 Å². The van der Waals surface area contributed by atoms with Gasteiger partial charge in [0.25, 0.3) is 5.91 Å². The average molecular weight is 272 g/mol. The third kappa shape index (κ3) is 2.92. The van der Waals surface area contributed by atoms with Gasteiger partial charge in [0.15, 0.2) is 5.75 Å². The van der Waals surface area contributed by atoms with Gasteiger partial charge >= 0.3 is 5.69 Å². The quantitative estimate of drug-likeness (QED) is 0.685. The van der Waals surface area contributed by atoms with Crippen LogP contribution in [0.2, 0.25) is 0 Å². The van der Waals surface area contributed by atoms with Crippen LogP contribution in [-0.2, 0) is 0 Å². The molecule has 0 fully saturated rings. The molecule has 0 spiro atoms. The lowest BCUT2D eigenvalue weighted by Gasteiger charge is -2.07. The molecule has 20 heavy (non-hydrogen) atoms. The highest BCUT2D eigenvalue weighted by Crippen LogP contribution is 2.29. The van der Waals surface area contributed by atoms with Crippen LogP contribution in [0.4, 0.5) is 11.4 Å². The van der Waals surface area contributed by atoms with Crippen LogP contribution in [0.25, 0.3) is 0 Å². The van der Waals surface area contributed by atoms with E-state index in [0.29, 0.717) is 11.3 Å². The normalized spacial score (nSPS) is 9.85. The first-order valence-electron chi connectivity index (χ1n) is 5.80. The second-order valence-corrected chi connectivity index (χ2v) is 3.96. The van der Waals surface area contributed by atoms with Gasteiger partial charge < -0.3 is 10.1 Å². The number of amides is 1. The number of anilines is 1. The van der Waals surface area contributed by atoms with Gasteiger partial charge in [-0.05, 0) is 24.3 Å². The van der Waals surface area contributed by atoms with Crippen LogP contribution < -0.4 is 10.1 Å². The predicted molar refractivity (Wildman–Crippen MR) is 74.0 cm³/mol. The van der Waals surface area contributed by atoms with Crippen molar-refractivity contribution in [1.82, 2.24) is 0 Å². The highest BCUT2D eigenvalue weighted by molar-refractivity contribution is 6.04. The molecule has 0 radical (unpaired) electrons. The Bertz CT molecular complexity index is 641. The lowest BCUT2D eigenvalue weighted by molar-refractivity contribution is -0.385. The van der Waals surface area contributed by atoms with E-state index in [0.717, 1.165) is 0 Å². The van der Waals surface area contributed by atoms with Crippen molar-refractivity contribution >= 4 is 17.3 Å². The molecule has 102 valence electrons. The molecule has 1 N–H and O–H groups in total. The number of hydrogen-bond acceptors (Lipinski definition) is 4. The summed E-state index contributed by atoms with van der Waals surface area (Å²) in [4.78, 5) is 22.3. The van der Waals surface area contributed by atoms with Crippen molar-refractivity contribution in [3.8, 4) is 5.75 Å². The fourth-order valence-corrected chi connectivity index (χ4v) is 1.70.